The van der Waals surface area contributed by atoms with Gasteiger partial charge in [0.1, 0.15) is 17.8 Å². The molecule has 0 saturated heterocycles. The molecule has 0 aliphatic rings. The van der Waals surface area contributed by atoms with E-state index in [1.807, 2.05) is 13.8 Å². The van der Waals surface area contributed by atoms with Gasteiger partial charge in [-0.15, -0.1) is 5.10 Å². The fourth-order valence-corrected chi connectivity index (χ4v) is 2.09. The predicted octanol–water partition coefficient (Wildman–Crippen LogP) is -0.321. The highest BCUT2D eigenvalue weighted by Gasteiger charge is 2.28. The number of carbonyl (C=O) groups excluding carboxylic acids is 2. The van der Waals surface area contributed by atoms with Gasteiger partial charge in [-0.25, -0.2) is 10.5 Å². The molecule has 29 heavy (non-hydrogen) atoms. The molecule has 0 fully saturated rings. The van der Waals surface area contributed by atoms with Gasteiger partial charge >= 0.3 is 0 Å². The second-order valence-corrected chi connectivity index (χ2v) is 7.89. The summed E-state index contributed by atoms with van der Waals surface area (Å²) in [5, 5.41) is 11.6. The van der Waals surface area contributed by atoms with Gasteiger partial charge in [0.05, 0.1) is 37.3 Å². The zero-order valence-electron chi connectivity index (χ0n) is 18.1. The van der Waals surface area contributed by atoms with E-state index in [-0.39, 0.29) is 38.0 Å². The van der Waals surface area contributed by atoms with Crippen molar-refractivity contribution in [1.29, 1.82) is 0 Å². The Balaban J connectivity index is 2.58. The molecule has 0 atom stereocenters. The number of aromatic nitrogens is 3. The van der Waals surface area contributed by atoms with E-state index in [4.69, 9.17) is 21.1 Å². The molecule has 0 radical (unpaired) electrons. The third-order valence-electron chi connectivity index (χ3n) is 3.97. The number of nitrogens with one attached hydrogen (secondary N) is 1. The number of Topliss-reactive ketones (excluding diaryl/α,β-unsaturated/α-hetero) is 1. The van der Waals surface area contributed by atoms with Crippen LogP contribution in [0.5, 0.6) is 0 Å². The molecule has 0 bridgehead atoms. The van der Waals surface area contributed by atoms with Crippen LogP contribution >= 0.6 is 0 Å². The number of hydrogen-bond donors (Lipinski definition) is 3. The summed E-state index contributed by atoms with van der Waals surface area (Å²) in [6.45, 7) is 9.43. The van der Waals surface area contributed by atoms with Crippen molar-refractivity contribution in [3.05, 3.63) is 23.8 Å². The van der Waals surface area contributed by atoms with Crippen LogP contribution in [0.2, 0.25) is 0 Å². The second kappa shape index (κ2) is 10.3. The van der Waals surface area contributed by atoms with Crippen LogP contribution in [-0.4, -0.2) is 63.1 Å². The lowest BCUT2D eigenvalue weighted by atomic mass is 10.0. The van der Waals surface area contributed by atoms with Crippen LogP contribution in [0.25, 0.3) is 0 Å². The summed E-state index contributed by atoms with van der Waals surface area (Å²) < 4.78 is 13.3. The maximum atomic E-state index is 11.4. The van der Waals surface area contributed by atoms with Crippen LogP contribution < -0.4 is 16.9 Å². The van der Waals surface area contributed by atoms with Crippen molar-refractivity contribution in [2.45, 2.75) is 59.0 Å². The first-order valence-electron chi connectivity index (χ1n) is 9.20. The minimum absolute atomic E-state index is 0.0615. The summed E-state index contributed by atoms with van der Waals surface area (Å²) in [6, 6.07) is 0. The molecule has 0 spiro atoms. The molecule has 0 unspecified atom stereocenters. The number of hydrogen-bond acceptors (Lipinski definition) is 9. The summed E-state index contributed by atoms with van der Waals surface area (Å²) in [7, 11) is 1.56. The summed E-state index contributed by atoms with van der Waals surface area (Å²) in [4.78, 5) is 22.5. The molecular formula is C18H33N7O4. The Bertz CT molecular complexity index is 728. The van der Waals surface area contributed by atoms with Gasteiger partial charge in [-0.1, -0.05) is 5.21 Å². The van der Waals surface area contributed by atoms with E-state index in [0.717, 1.165) is 0 Å². The molecule has 0 aliphatic carbocycles. The number of amides is 1. The van der Waals surface area contributed by atoms with Crippen LogP contribution in [-0.2, 0) is 32.2 Å². The lowest BCUT2D eigenvalue weighted by Crippen LogP contribution is -2.41. The van der Waals surface area contributed by atoms with Crippen molar-refractivity contribution in [1.82, 2.24) is 25.3 Å². The molecule has 1 rings (SSSR count). The number of nitrogens with zero attached hydrogens (tertiary/aromatic N) is 4. The smallest absolute Gasteiger partial charge is 0.241 e. The molecule has 1 heterocycles. The van der Waals surface area contributed by atoms with Gasteiger partial charge in [-0.05, 0) is 34.6 Å². The minimum Gasteiger partial charge on any atom is -0.398 e. The van der Waals surface area contributed by atoms with Crippen LogP contribution in [0, 0.1) is 0 Å². The monoisotopic (exact) mass is 411 g/mol. The molecule has 1 amide bonds. The van der Waals surface area contributed by atoms with Crippen LogP contribution in [0.4, 0.5) is 0 Å². The Kier molecular flexibility index (Phi) is 8.74. The van der Waals surface area contributed by atoms with Crippen molar-refractivity contribution in [3.63, 3.8) is 0 Å². The molecule has 1 aromatic rings. The van der Waals surface area contributed by atoms with Crippen LogP contribution in [0.1, 0.15) is 40.3 Å². The molecule has 0 aromatic carbocycles. The van der Waals surface area contributed by atoms with Gasteiger partial charge in [0, 0.05) is 13.2 Å². The lowest BCUT2D eigenvalue weighted by Gasteiger charge is -2.32. The highest BCUT2D eigenvalue weighted by atomic mass is 16.6. The number of ketones is 1. The average molecular weight is 412 g/mol. The Morgan fingerprint density at radius 1 is 1.31 bits per heavy atom. The second-order valence-electron chi connectivity index (χ2n) is 7.89. The first-order chi connectivity index (χ1) is 13.3. The number of hydrazine groups is 1. The van der Waals surface area contributed by atoms with Gasteiger partial charge in [0.25, 0.3) is 0 Å². The molecule has 164 valence electrons. The highest BCUT2D eigenvalue weighted by Crippen LogP contribution is 2.21. The Hall–Kier alpha value is -2.50. The van der Waals surface area contributed by atoms with E-state index in [0.29, 0.717) is 11.4 Å². The molecule has 0 saturated carbocycles. The summed E-state index contributed by atoms with van der Waals surface area (Å²) >= 11 is 0. The van der Waals surface area contributed by atoms with E-state index in [1.54, 1.807) is 27.1 Å². The van der Waals surface area contributed by atoms with Gasteiger partial charge in [-0.3, -0.25) is 9.59 Å². The van der Waals surface area contributed by atoms with Gasteiger partial charge in [0.15, 0.2) is 5.78 Å². The highest BCUT2D eigenvalue weighted by molar-refractivity contribution is 5.77. The minimum atomic E-state index is -0.814. The molecule has 5 N–H and O–H groups in total. The van der Waals surface area contributed by atoms with E-state index in [9.17, 15) is 9.59 Å². The fourth-order valence-electron chi connectivity index (χ4n) is 2.09. The van der Waals surface area contributed by atoms with Crippen molar-refractivity contribution in [2.75, 3.05) is 20.2 Å². The van der Waals surface area contributed by atoms with Gasteiger partial charge in [-0.2, -0.15) is 0 Å². The maximum Gasteiger partial charge on any atom is 0.241 e. The fraction of sp³-hybridized carbons (Fsp3) is 0.667. The number of rotatable bonds is 12. The maximum absolute atomic E-state index is 11.4. The number of likely N-dealkylation sites (N-methyl/N-ethyl adjacent to an activating group) is 1. The molecule has 11 nitrogen and oxygen atoms in total. The first kappa shape index (κ1) is 24.5. The molecule has 0 aliphatic heterocycles. The summed E-state index contributed by atoms with van der Waals surface area (Å²) in [5.74, 6) is 5.51. The van der Waals surface area contributed by atoms with Crippen molar-refractivity contribution >= 4 is 11.7 Å². The lowest BCUT2D eigenvalue weighted by molar-refractivity contribution is -0.121. The quantitative estimate of drug-likeness (QED) is 0.310. The van der Waals surface area contributed by atoms with Gasteiger partial charge in [0.2, 0.25) is 5.91 Å². The van der Waals surface area contributed by atoms with E-state index in [2.05, 4.69) is 15.6 Å². The Labute approximate surface area is 171 Å². The van der Waals surface area contributed by atoms with Crippen molar-refractivity contribution < 1.29 is 19.1 Å². The average Bonchev–Trinajstić information content (AvgIpc) is 3.05. The van der Waals surface area contributed by atoms with E-state index in [1.165, 1.54) is 22.8 Å². The van der Waals surface area contributed by atoms with E-state index >= 15 is 0 Å². The number of ether oxygens (including phenoxy) is 2. The van der Waals surface area contributed by atoms with E-state index < -0.39 is 11.2 Å². The third-order valence-corrected chi connectivity index (χ3v) is 3.97. The predicted molar refractivity (Wildman–Crippen MR) is 107 cm³/mol. The number of nitrogens with two attached hydrogens (primary N) is 2. The van der Waals surface area contributed by atoms with Crippen molar-refractivity contribution in [2.24, 2.45) is 11.6 Å². The van der Waals surface area contributed by atoms with Gasteiger partial charge < -0.3 is 25.5 Å². The topological polar surface area (TPSA) is 151 Å². The largest absolute Gasteiger partial charge is 0.398 e. The number of carbonyl (C=O) groups is 2. The Morgan fingerprint density at radius 2 is 1.97 bits per heavy atom. The third kappa shape index (κ3) is 9.03. The summed E-state index contributed by atoms with van der Waals surface area (Å²) in [5.41, 5.74) is 5.62. The van der Waals surface area contributed by atoms with Crippen LogP contribution in [0.3, 0.4) is 0 Å². The molecular weight excluding hydrogens is 378 g/mol. The zero-order valence-corrected chi connectivity index (χ0v) is 18.1. The SMILES string of the molecule is CNC(=O)Cn1cc(COC(C)(C)COC(C)(C)/C(N)=C/N(N)CC(C)=O)nn1. The first-order valence-corrected chi connectivity index (χ1v) is 9.20. The molecule has 11 heteroatoms. The Morgan fingerprint density at radius 3 is 2.55 bits per heavy atom. The zero-order chi connectivity index (χ0) is 22.2. The molecule has 1 aromatic heterocycles. The standard InChI is InChI=1S/C18H33N7O4/c1-13(26)7-24(20)9-15(19)18(4,5)29-12-17(2,3)28-11-14-8-25(23-22-14)10-16(27)21-6/h8-9H,7,10-12,19-20H2,1-6H3,(H,21,27)/b15-9-. The normalized spacial score (nSPS) is 12.7. The summed E-state index contributed by atoms with van der Waals surface area (Å²) in [6.07, 6.45) is 3.14. The van der Waals surface area contributed by atoms with Crippen molar-refractivity contribution in [3.8, 4) is 0 Å². The van der Waals surface area contributed by atoms with Crippen LogP contribution in [0.15, 0.2) is 18.1 Å².